The molecule has 2 N–H and O–H groups in total. The standard InChI is InChI=1S/C25H27N5O3/c1-17-7-9-18(10-8-17)23-29-20-6-4-13-26-24(20)30(23)15-5-14-27-25(31)28-19-11-12-21(32-2)22(16-19)33-3/h4,6-13,16H,5,14-15H2,1-3H3,(H2,27,28,31). The molecule has 0 saturated carbocycles. The molecule has 0 spiro atoms. The van der Waals surface area contributed by atoms with E-state index in [1.807, 2.05) is 12.1 Å². The molecule has 0 aliphatic rings. The number of aryl methyl sites for hydroxylation is 2. The molecule has 0 fully saturated rings. The minimum Gasteiger partial charge on any atom is -0.493 e. The molecule has 4 aromatic rings. The van der Waals surface area contributed by atoms with E-state index in [4.69, 9.17) is 14.5 Å². The highest BCUT2D eigenvalue weighted by Gasteiger charge is 2.13. The van der Waals surface area contributed by atoms with Crippen molar-refractivity contribution in [2.24, 2.45) is 0 Å². The first kappa shape index (κ1) is 22.1. The topological polar surface area (TPSA) is 90.3 Å². The number of imidazole rings is 1. The number of ether oxygens (including phenoxy) is 2. The lowest BCUT2D eigenvalue weighted by Crippen LogP contribution is -2.30. The number of rotatable bonds is 8. The second-order valence-corrected chi connectivity index (χ2v) is 7.60. The summed E-state index contributed by atoms with van der Waals surface area (Å²) >= 11 is 0. The third-order valence-electron chi connectivity index (χ3n) is 5.30. The van der Waals surface area contributed by atoms with Crippen molar-refractivity contribution in [3.8, 4) is 22.9 Å². The van der Waals surface area contributed by atoms with Gasteiger partial charge in [0.2, 0.25) is 0 Å². The summed E-state index contributed by atoms with van der Waals surface area (Å²) in [6, 6.07) is 17.1. The Morgan fingerprint density at radius 2 is 1.82 bits per heavy atom. The van der Waals surface area contributed by atoms with Crippen LogP contribution < -0.4 is 20.1 Å². The van der Waals surface area contributed by atoms with E-state index in [0.717, 1.165) is 29.0 Å². The molecule has 0 aliphatic heterocycles. The van der Waals surface area contributed by atoms with Crippen LogP contribution in [0.5, 0.6) is 11.5 Å². The van der Waals surface area contributed by atoms with Crippen LogP contribution in [-0.4, -0.2) is 41.3 Å². The van der Waals surface area contributed by atoms with Gasteiger partial charge in [0.15, 0.2) is 17.1 Å². The highest BCUT2D eigenvalue weighted by Crippen LogP contribution is 2.29. The number of aromatic nitrogens is 3. The van der Waals surface area contributed by atoms with Crippen LogP contribution in [0.2, 0.25) is 0 Å². The number of nitrogens with one attached hydrogen (secondary N) is 2. The molecule has 2 aromatic carbocycles. The minimum atomic E-state index is -0.283. The third-order valence-corrected chi connectivity index (χ3v) is 5.30. The molecule has 33 heavy (non-hydrogen) atoms. The summed E-state index contributed by atoms with van der Waals surface area (Å²) in [5.41, 5.74) is 4.55. The Balaban J connectivity index is 1.40. The number of carbonyl (C=O) groups is 1. The summed E-state index contributed by atoms with van der Waals surface area (Å²) < 4.78 is 12.6. The first-order valence-electron chi connectivity index (χ1n) is 10.7. The van der Waals surface area contributed by atoms with Gasteiger partial charge in [-0.1, -0.05) is 29.8 Å². The lowest BCUT2D eigenvalue weighted by molar-refractivity contribution is 0.252. The van der Waals surface area contributed by atoms with Gasteiger partial charge in [0.25, 0.3) is 0 Å². The van der Waals surface area contributed by atoms with E-state index >= 15 is 0 Å². The molecule has 170 valence electrons. The van der Waals surface area contributed by atoms with Crippen molar-refractivity contribution in [3.63, 3.8) is 0 Å². The number of pyridine rings is 1. The Morgan fingerprint density at radius 1 is 1.03 bits per heavy atom. The Hall–Kier alpha value is -4.07. The SMILES string of the molecule is COc1ccc(NC(=O)NCCCn2c(-c3ccc(C)cc3)nc3cccnc32)cc1OC. The maximum Gasteiger partial charge on any atom is 0.319 e. The fourth-order valence-electron chi connectivity index (χ4n) is 3.62. The predicted molar refractivity (Wildman–Crippen MR) is 129 cm³/mol. The minimum absolute atomic E-state index is 0.283. The molecular weight excluding hydrogens is 418 g/mol. The summed E-state index contributed by atoms with van der Waals surface area (Å²) in [5.74, 6) is 2.03. The van der Waals surface area contributed by atoms with Gasteiger partial charge < -0.3 is 24.7 Å². The van der Waals surface area contributed by atoms with E-state index in [1.54, 1.807) is 38.6 Å². The van der Waals surface area contributed by atoms with Crippen LogP contribution >= 0.6 is 0 Å². The highest BCUT2D eigenvalue weighted by atomic mass is 16.5. The molecule has 2 heterocycles. The van der Waals surface area contributed by atoms with E-state index in [1.165, 1.54) is 5.56 Å². The van der Waals surface area contributed by atoms with Crippen molar-refractivity contribution in [1.82, 2.24) is 19.9 Å². The van der Waals surface area contributed by atoms with E-state index < -0.39 is 0 Å². The second-order valence-electron chi connectivity index (χ2n) is 7.60. The number of amides is 2. The molecule has 0 bridgehead atoms. The van der Waals surface area contributed by atoms with Crippen molar-refractivity contribution in [2.75, 3.05) is 26.1 Å². The summed E-state index contributed by atoms with van der Waals surface area (Å²) in [6.07, 6.45) is 2.49. The van der Waals surface area contributed by atoms with Crippen LogP contribution in [0.1, 0.15) is 12.0 Å². The number of fused-ring (bicyclic) bond motifs is 1. The molecule has 0 saturated heterocycles. The largest absolute Gasteiger partial charge is 0.493 e. The summed E-state index contributed by atoms with van der Waals surface area (Å²) in [7, 11) is 3.13. The van der Waals surface area contributed by atoms with Gasteiger partial charge in [0.05, 0.1) is 14.2 Å². The fourth-order valence-corrected chi connectivity index (χ4v) is 3.62. The zero-order valence-electron chi connectivity index (χ0n) is 19.0. The Kier molecular flexibility index (Phi) is 6.73. The zero-order valence-corrected chi connectivity index (χ0v) is 19.0. The number of benzene rings is 2. The summed E-state index contributed by atoms with van der Waals surface area (Å²) in [5, 5.41) is 5.71. The molecule has 0 aliphatic carbocycles. The predicted octanol–water partition coefficient (Wildman–Crippen LogP) is 4.64. The summed E-state index contributed by atoms with van der Waals surface area (Å²) in [4.78, 5) is 21.6. The number of urea groups is 1. The molecule has 2 aromatic heterocycles. The van der Waals surface area contributed by atoms with Crippen molar-refractivity contribution >= 4 is 22.9 Å². The van der Waals surface area contributed by atoms with Gasteiger partial charge in [-0.3, -0.25) is 0 Å². The van der Waals surface area contributed by atoms with Crippen LogP contribution in [0.25, 0.3) is 22.6 Å². The van der Waals surface area contributed by atoms with Crippen molar-refractivity contribution in [3.05, 3.63) is 66.4 Å². The monoisotopic (exact) mass is 445 g/mol. The smallest absolute Gasteiger partial charge is 0.319 e. The van der Waals surface area contributed by atoms with E-state index in [2.05, 4.69) is 51.4 Å². The van der Waals surface area contributed by atoms with Gasteiger partial charge in [0.1, 0.15) is 11.3 Å². The average molecular weight is 446 g/mol. The Morgan fingerprint density at radius 3 is 2.58 bits per heavy atom. The third kappa shape index (κ3) is 5.06. The number of hydrogen-bond donors (Lipinski definition) is 2. The first-order valence-corrected chi connectivity index (χ1v) is 10.7. The Labute approximate surface area is 192 Å². The molecule has 0 atom stereocenters. The van der Waals surface area contributed by atoms with Crippen molar-refractivity contribution in [2.45, 2.75) is 19.9 Å². The Bertz CT molecular complexity index is 1250. The molecule has 8 heteroatoms. The van der Waals surface area contributed by atoms with Crippen molar-refractivity contribution < 1.29 is 14.3 Å². The van der Waals surface area contributed by atoms with Crippen molar-refractivity contribution in [1.29, 1.82) is 0 Å². The van der Waals surface area contributed by atoms with Crippen LogP contribution in [0.15, 0.2) is 60.8 Å². The van der Waals surface area contributed by atoms with Gasteiger partial charge in [0, 0.05) is 36.6 Å². The quantitative estimate of drug-likeness (QED) is 0.386. The zero-order chi connectivity index (χ0) is 23.2. The molecule has 8 nitrogen and oxygen atoms in total. The molecule has 4 rings (SSSR count). The van der Waals surface area contributed by atoms with Gasteiger partial charge in [-0.15, -0.1) is 0 Å². The molecule has 0 radical (unpaired) electrons. The van der Waals surface area contributed by atoms with Gasteiger partial charge >= 0.3 is 6.03 Å². The van der Waals surface area contributed by atoms with Gasteiger partial charge in [-0.2, -0.15) is 0 Å². The molecule has 2 amide bonds. The van der Waals surface area contributed by atoms with E-state index in [0.29, 0.717) is 30.3 Å². The maximum atomic E-state index is 12.3. The van der Waals surface area contributed by atoms with E-state index in [-0.39, 0.29) is 6.03 Å². The number of hydrogen-bond acceptors (Lipinski definition) is 5. The lowest BCUT2D eigenvalue weighted by Gasteiger charge is -2.12. The van der Waals surface area contributed by atoms with Crippen LogP contribution in [0.3, 0.4) is 0 Å². The van der Waals surface area contributed by atoms with Crippen LogP contribution in [0.4, 0.5) is 10.5 Å². The summed E-state index contributed by atoms with van der Waals surface area (Å²) in [6.45, 7) is 3.24. The lowest BCUT2D eigenvalue weighted by atomic mass is 10.1. The number of nitrogens with zero attached hydrogens (tertiary/aromatic N) is 3. The van der Waals surface area contributed by atoms with Gasteiger partial charge in [-0.25, -0.2) is 14.8 Å². The van der Waals surface area contributed by atoms with Crippen LogP contribution in [-0.2, 0) is 6.54 Å². The van der Waals surface area contributed by atoms with Crippen LogP contribution in [0, 0.1) is 6.92 Å². The maximum absolute atomic E-state index is 12.3. The highest BCUT2D eigenvalue weighted by molar-refractivity contribution is 5.89. The number of methoxy groups -OCH3 is 2. The first-order chi connectivity index (χ1) is 16.1. The van der Waals surface area contributed by atoms with E-state index in [9.17, 15) is 4.79 Å². The normalized spacial score (nSPS) is 10.8. The fraction of sp³-hybridized carbons (Fsp3) is 0.240. The van der Waals surface area contributed by atoms with Gasteiger partial charge in [-0.05, 0) is 37.6 Å². The molecule has 0 unspecified atom stereocenters. The average Bonchev–Trinajstić information content (AvgIpc) is 3.20. The number of carbonyl (C=O) groups excluding carboxylic acids is 1. The second kappa shape index (κ2) is 10.0. The number of anilines is 1. The molecular formula is C25H27N5O3.